The predicted molar refractivity (Wildman–Crippen MR) is 121 cm³/mol. The van der Waals surface area contributed by atoms with Crippen LogP contribution in [-0.2, 0) is 10.0 Å². The van der Waals surface area contributed by atoms with E-state index in [1.54, 1.807) is 12.1 Å². The first-order valence-electron chi connectivity index (χ1n) is 9.48. The molecule has 0 bridgehead atoms. The zero-order chi connectivity index (χ0) is 22.7. The van der Waals surface area contributed by atoms with Gasteiger partial charge in [-0.1, -0.05) is 42.2 Å². The number of aromatic carboxylic acids is 1. The van der Waals surface area contributed by atoms with Gasteiger partial charge in [-0.25, -0.2) is 17.6 Å². The van der Waals surface area contributed by atoms with Crippen LogP contribution in [0.5, 0.6) is 0 Å². The van der Waals surface area contributed by atoms with Crippen molar-refractivity contribution >= 4 is 32.5 Å². The first-order chi connectivity index (χ1) is 15.3. The van der Waals surface area contributed by atoms with Crippen LogP contribution in [0.25, 0.3) is 10.8 Å². The van der Waals surface area contributed by atoms with Crippen LogP contribution in [-0.4, -0.2) is 19.5 Å². The molecule has 7 heteroatoms. The number of benzene rings is 4. The van der Waals surface area contributed by atoms with Gasteiger partial charge in [0, 0.05) is 5.56 Å². The number of rotatable bonds is 4. The van der Waals surface area contributed by atoms with Crippen LogP contribution in [0.15, 0.2) is 89.8 Å². The van der Waals surface area contributed by atoms with E-state index >= 15 is 0 Å². The summed E-state index contributed by atoms with van der Waals surface area (Å²) in [5.41, 5.74) is 0.902. The summed E-state index contributed by atoms with van der Waals surface area (Å²) < 4.78 is 42.2. The van der Waals surface area contributed by atoms with E-state index < -0.39 is 21.8 Å². The second-order valence-corrected chi connectivity index (χ2v) is 8.62. The van der Waals surface area contributed by atoms with Crippen molar-refractivity contribution in [1.29, 1.82) is 0 Å². The highest BCUT2D eigenvalue weighted by atomic mass is 32.2. The standard InChI is InChI=1S/C25H16FNO4S/c26-22-12-14-24(21(15-22)10-7-17-5-8-19(9-6-17)25(28)29)27-32(30,31)23-13-11-18-3-1-2-4-20(18)16-23/h1-6,8-9,11-16,27H,(H,28,29). The van der Waals surface area contributed by atoms with Crippen molar-refractivity contribution in [3.05, 3.63) is 107 Å². The minimum atomic E-state index is -3.94. The minimum absolute atomic E-state index is 0.0729. The quantitative estimate of drug-likeness (QED) is 0.439. The van der Waals surface area contributed by atoms with E-state index in [4.69, 9.17) is 5.11 Å². The fourth-order valence-electron chi connectivity index (χ4n) is 3.08. The maximum absolute atomic E-state index is 13.8. The summed E-state index contributed by atoms with van der Waals surface area (Å²) in [6.45, 7) is 0. The van der Waals surface area contributed by atoms with E-state index in [-0.39, 0.29) is 21.7 Å². The molecule has 0 unspecified atom stereocenters. The van der Waals surface area contributed by atoms with Gasteiger partial charge >= 0.3 is 5.97 Å². The summed E-state index contributed by atoms with van der Waals surface area (Å²) in [7, 11) is -3.94. The molecule has 0 aliphatic heterocycles. The summed E-state index contributed by atoms with van der Waals surface area (Å²) >= 11 is 0. The van der Waals surface area contributed by atoms with Crippen LogP contribution in [0.2, 0.25) is 0 Å². The molecule has 158 valence electrons. The number of hydrogen-bond donors (Lipinski definition) is 2. The average molecular weight is 445 g/mol. The van der Waals surface area contributed by atoms with Crippen molar-refractivity contribution in [2.45, 2.75) is 4.90 Å². The number of carbonyl (C=O) groups is 1. The van der Waals surface area contributed by atoms with Crippen LogP contribution >= 0.6 is 0 Å². The number of fused-ring (bicyclic) bond motifs is 1. The molecular formula is C25H16FNO4S. The molecule has 0 aliphatic rings. The van der Waals surface area contributed by atoms with E-state index in [0.717, 1.165) is 22.9 Å². The first-order valence-corrected chi connectivity index (χ1v) is 11.0. The Morgan fingerprint density at radius 3 is 2.28 bits per heavy atom. The summed E-state index contributed by atoms with van der Waals surface area (Å²) in [5.74, 6) is 3.94. The molecule has 0 saturated carbocycles. The van der Waals surface area contributed by atoms with Crippen molar-refractivity contribution < 1.29 is 22.7 Å². The van der Waals surface area contributed by atoms with Crippen LogP contribution in [0, 0.1) is 17.7 Å². The normalized spacial score (nSPS) is 10.9. The Labute approximate surface area is 184 Å². The predicted octanol–water partition coefficient (Wildman–Crippen LogP) is 4.88. The molecule has 0 heterocycles. The third kappa shape index (κ3) is 4.61. The molecule has 32 heavy (non-hydrogen) atoms. The summed E-state index contributed by atoms with van der Waals surface area (Å²) in [6, 6.07) is 21.6. The number of nitrogens with one attached hydrogen (secondary N) is 1. The van der Waals surface area contributed by atoms with Crippen molar-refractivity contribution in [3.8, 4) is 11.8 Å². The third-order valence-electron chi connectivity index (χ3n) is 4.73. The Hall–Kier alpha value is -4.15. The highest BCUT2D eigenvalue weighted by molar-refractivity contribution is 7.92. The summed E-state index contributed by atoms with van der Waals surface area (Å²) in [6.07, 6.45) is 0. The van der Waals surface area contributed by atoms with Gasteiger partial charge in [0.15, 0.2) is 0 Å². The van der Waals surface area contributed by atoms with Crippen molar-refractivity contribution in [2.24, 2.45) is 0 Å². The topological polar surface area (TPSA) is 83.5 Å². The van der Waals surface area contributed by atoms with Crippen molar-refractivity contribution in [1.82, 2.24) is 0 Å². The van der Waals surface area contributed by atoms with E-state index in [2.05, 4.69) is 16.6 Å². The van der Waals surface area contributed by atoms with Gasteiger partial charge in [-0.15, -0.1) is 0 Å². The van der Waals surface area contributed by atoms with Gasteiger partial charge in [-0.05, 0) is 65.4 Å². The lowest BCUT2D eigenvalue weighted by molar-refractivity contribution is 0.0697. The zero-order valence-electron chi connectivity index (χ0n) is 16.5. The van der Waals surface area contributed by atoms with Crippen molar-refractivity contribution in [2.75, 3.05) is 4.72 Å². The lowest BCUT2D eigenvalue weighted by atomic mass is 10.1. The van der Waals surface area contributed by atoms with Gasteiger partial charge in [0.1, 0.15) is 5.82 Å². The molecule has 4 rings (SSSR count). The summed E-state index contributed by atoms with van der Waals surface area (Å²) in [4.78, 5) is 11.0. The molecule has 0 aromatic heterocycles. The smallest absolute Gasteiger partial charge is 0.335 e. The molecule has 0 atom stereocenters. The van der Waals surface area contributed by atoms with Gasteiger partial charge < -0.3 is 5.11 Å². The maximum atomic E-state index is 13.8. The Bertz CT molecular complexity index is 1500. The van der Waals surface area contributed by atoms with E-state index in [9.17, 15) is 17.6 Å². The van der Waals surface area contributed by atoms with Crippen LogP contribution in [0.4, 0.5) is 10.1 Å². The lowest BCUT2D eigenvalue weighted by Gasteiger charge is -2.11. The first kappa shape index (κ1) is 21.1. The van der Waals surface area contributed by atoms with Crippen LogP contribution in [0.3, 0.4) is 0 Å². The minimum Gasteiger partial charge on any atom is -0.478 e. The SMILES string of the molecule is O=C(O)c1ccc(C#Cc2cc(F)ccc2NS(=O)(=O)c2ccc3ccccc3c2)cc1. The Kier molecular flexibility index (Phi) is 5.63. The maximum Gasteiger partial charge on any atom is 0.335 e. The molecule has 2 N–H and O–H groups in total. The second-order valence-electron chi connectivity index (χ2n) is 6.94. The second kappa shape index (κ2) is 8.53. The highest BCUT2D eigenvalue weighted by Gasteiger charge is 2.16. The monoisotopic (exact) mass is 445 g/mol. The number of carboxylic acid groups (broad SMARTS) is 1. The lowest BCUT2D eigenvalue weighted by Crippen LogP contribution is -2.14. The van der Waals surface area contributed by atoms with E-state index in [1.165, 1.54) is 36.4 Å². The van der Waals surface area contributed by atoms with Gasteiger partial charge in [0.25, 0.3) is 10.0 Å². The van der Waals surface area contributed by atoms with Gasteiger partial charge in [-0.3, -0.25) is 4.72 Å². The van der Waals surface area contributed by atoms with E-state index in [1.807, 2.05) is 24.3 Å². The number of sulfonamides is 1. The number of anilines is 1. The largest absolute Gasteiger partial charge is 0.478 e. The van der Waals surface area contributed by atoms with Crippen molar-refractivity contribution in [3.63, 3.8) is 0 Å². The molecule has 0 saturated heterocycles. The average Bonchev–Trinajstić information content (AvgIpc) is 2.79. The number of carboxylic acids is 1. The molecule has 4 aromatic rings. The Morgan fingerprint density at radius 2 is 1.56 bits per heavy atom. The molecule has 4 aromatic carbocycles. The molecule has 5 nitrogen and oxygen atoms in total. The zero-order valence-corrected chi connectivity index (χ0v) is 17.4. The summed E-state index contributed by atoms with van der Waals surface area (Å²) in [5, 5.41) is 10.7. The number of halogens is 1. The molecule has 0 spiro atoms. The van der Waals surface area contributed by atoms with Gasteiger partial charge in [-0.2, -0.15) is 0 Å². The number of hydrogen-bond acceptors (Lipinski definition) is 3. The molecule has 0 fully saturated rings. The third-order valence-corrected chi connectivity index (χ3v) is 6.09. The fourth-order valence-corrected chi connectivity index (χ4v) is 4.20. The van der Waals surface area contributed by atoms with Gasteiger partial charge in [0.2, 0.25) is 0 Å². The van der Waals surface area contributed by atoms with E-state index in [0.29, 0.717) is 5.56 Å². The molecule has 0 amide bonds. The molecular weight excluding hydrogens is 429 g/mol. The van der Waals surface area contributed by atoms with Gasteiger partial charge in [0.05, 0.1) is 21.7 Å². The Morgan fingerprint density at radius 1 is 0.844 bits per heavy atom. The molecule has 0 radical (unpaired) electrons. The highest BCUT2D eigenvalue weighted by Crippen LogP contribution is 2.24. The Balaban J connectivity index is 1.66. The fraction of sp³-hybridized carbons (Fsp3) is 0. The molecule has 0 aliphatic carbocycles. The van der Waals surface area contributed by atoms with Crippen LogP contribution < -0.4 is 4.72 Å². The van der Waals surface area contributed by atoms with Crippen LogP contribution in [0.1, 0.15) is 21.5 Å².